The maximum Gasteiger partial charge on any atom is 0.159 e. The summed E-state index contributed by atoms with van der Waals surface area (Å²) >= 11 is 0. The fraction of sp³-hybridized carbons (Fsp3) is 0.478. The molecule has 0 unspecified atom stereocenters. The van der Waals surface area contributed by atoms with Gasteiger partial charge >= 0.3 is 0 Å². The van der Waals surface area contributed by atoms with E-state index in [1.807, 2.05) is 0 Å². The van der Waals surface area contributed by atoms with E-state index >= 15 is 0 Å². The Kier molecular flexibility index (Phi) is 6.56. The molecule has 0 heterocycles. The highest BCUT2D eigenvalue weighted by Crippen LogP contribution is 2.34. The summed E-state index contributed by atoms with van der Waals surface area (Å²) in [5.74, 6) is -2.16. The van der Waals surface area contributed by atoms with Crippen molar-refractivity contribution in [2.24, 2.45) is 11.8 Å². The lowest BCUT2D eigenvalue weighted by atomic mass is 9.78. The predicted molar refractivity (Wildman–Crippen MR) is 100 cm³/mol. The summed E-state index contributed by atoms with van der Waals surface area (Å²) in [5, 5.41) is 0. The van der Waals surface area contributed by atoms with Gasteiger partial charge in [-0.1, -0.05) is 51.5 Å². The molecule has 1 saturated carbocycles. The number of rotatable bonds is 6. The van der Waals surface area contributed by atoms with Crippen LogP contribution in [0.1, 0.15) is 57.4 Å². The standard InChI is InChI=1S/C23H26F4/c1-2-3-15-4-6-16(7-5-15)8-9-17-12-21(26)23(22(27)13-17)18-10-11-19(24)20(25)14-18/h10-16H,2-9H2,1H3. The lowest BCUT2D eigenvalue weighted by Crippen LogP contribution is -2.15. The molecule has 0 nitrogen and oxygen atoms in total. The molecule has 1 aliphatic carbocycles. The maximum atomic E-state index is 14.5. The molecule has 27 heavy (non-hydrogen) atoms. The molecule has 0 aromatic heterocycles. The summed E-state index contributed by atoms with van der Waals surface area (Å²) in [4.78, 5) is 0. The Balaban J connectivity index is 1.65. The zero-order chi connectivity index (χ0) is 19.4. The summed E-state index contributed by atoms with van der Waals surface area (Å²) in [6.45, 7) is 2.22. The minimum absolute atomic E-state index is 0.00435. The van der Waals surface area contributed by atoms with Gasteiger partial charge in [0.1, 0.15) is 11.6 Å². The zero-order valence-corrected chi connectivity index (χ0v) is 15.7. The predicted octanol–water partition coefficient (Wildman–Crippen LogP) is 7.45. The Bertz CT molecular complexity index is 753. The Morgan fingerprint density at radius 2 is 1.33 bits per heavy atom. The first kappa shape index (κ1) is 19.9. The topological polar surface area (TPSA) is 0 Å². The molecule has 0 amide bonds. The van der Waals surface area contributed by atoms with Gasteiger partial charge in [-0.25, -0.2) is 17.6 Å². The molecule has 0 atom stereocenters. The van der Waals surface area contributed by atoms with Crippen LogP contribution in [-0.4, -0.2) is 0 Å². The smallest absolute Gasteiger partial charge is 0.159 e. The molecule has 3 rings (SSSR count). The van der Waals surface area contributed by atoms with E-state index < -0.39 is 23.3 Å². The van der Waals surface area contributed by atoms with E-state index in [2.05, 4.69) is 6.92 Å². The van der Waals surface area contributed by atoms with Crippen LogP contribution in [0.25, 0.3) is 11.1 Å². The van der Waals surface area contributed by atoms with Crippen LogP contribution < -0.4 is 0 Å². The summed E-state index contributed by atoms with van der Waals surface area (Å²) in [6, 6.07) is 5.54. The third-order valence-corrected chi connectivity index (χ3v) is 5.81. The van der Waals surface area contributed by atoms with Gasteiger partial charge in [-0.15, -0.1) is 0 Å². The molecule has 0 saturated heterocycles. The van der Waals surface area contributed by atoms with Crippen molar-refractivity contribution < 1.29 is 17.6 Å². The van der Waals surface area contributed by atoms with Crippen LogP contribution in [0.2, 0.25) is 0 Å². The molecule has 146 valence electrons. The van der Waals surface area contributed by atoms with Gasteiger partial charge < -0.3 is 0 Å². The van der Waals surface area contributed by atoms with Crippen molar-refractivity contribution in [2.45, 2.75) is 58.3 Å². The SMILES string of the molecule is CCCC1CCC(CCc2cc(F)c(-c3ccc(F)c(F)c3)c(F)c2)CC1. The molecule has 2 aromatic carbocycles. The van der Waals surface area contributed by atoms with Crippen molar-refractivity contribution in [3.63, 3.8) is 0 Å². The van der Waals surface area contributed by atoms with E-state index in [4.69, 9.17) is 0 Å². The average Bonchev–Trinajstić information content (AvgIpc) is 2.64. The van der Waals surface area contributed by atoms with Crippen LogP contribution >= 0.6 is 0 Å². The van der Waals surface area contributed by atoms with Gasteiger partial charge in [0.2, 0.25) is 0 Å². The molecule has 4 heteroatoms. The van der Waals surface area contributed by atoms with Gasteiger partial charge in [0.25, 0.3) is 0 Å². The Morgan fingerprint density at radius 3 is 1.89 bits per heavy atom. The van der Waals surface area contributed by atoms with Crippen molar-refractivity contribution >= 4 is 0 Å². The first-order valence-electron chi connectivity index (χ1n) is 9.91. The van der Waals surface area contributed by atoms with Gasteiger partial charge in [0, 0.05) is 0 Å². The second kappa shape index (κ2) is 8.90. The Labute approximate surface area is 158 Å². The van der Waals surface area contributed by atoms with E-state index in [1.54, 1.807) is 0 Å². The van der Waals surface area contributed by atoms with Crippen molar-refractivity contribution in [2.75, 3.05) is 0 Å². The van der Waals surface area contributed by atoms with Crippen molar-refractivity contribution in [1.82, 2.24) is 0 Å². The summed E-state index contributed by atoms with van der Waals surface area (Å²) in [6.07, 6.45) is 9.02. The fourth-order valence-corrected chi connectivity index (χ4v) is 4.29. The number of aryl methyl sites for hydroxylation is 1. The molecule has 0 bridgehead atoms. The number of benzene rings is 2. The van der Waals surface area contributed by atoms with Crippen LogP contribution in [0.5, 0.6) is 0 Å². The average molecular weight is 378 g/mol. The summed E-state index contributed by atoms with van der Waals surface area (Å²) in [7, 11) is 0. The number of hydrogen-bond acceptors (Lipinski definition) is 0. The normalized spacial score (nSPS) is 20.0. The highest BCUT2D eigenvalue weighted by atomic mass is 19.2. The lowest BCUT2D eigenvalue weighted by molar-refractivity contribution is 0.252. The third kappa shape index (κ3) is 4.91. The molecule has 0 spiro atoms. The first-order valence-corrected chi connectivity index (χ1v) is 9.91. The Hall–Kier alpha value is -1.84. The quantitative estimate of drug-likeness (QED) is 0.458. The van der Waals surface area contributed by atoms with E-state index in [0.29, 0.717) is 17.9 Å². The second-order valence-corrected chi connectivity index (χ2v) is 7.78. The largest absolute Gasteiger partial charge is 0.206 e. The van der Waals surface area contributed by atoms with Crippen LogP contribution in [0.4, 0.5) is 17.6 Å². The fourth-order valence-electron chi connectivity index (χ4n) is 4.29. The second-order valence-electron chi connectivity index (χ2n) is 7.78. The van der Waals surface area contributed by atoms with Crippen LogP contribution in [-0.2, 0) is 6.42 Å². The van der Waals surface area contributed by atoms with Crippen molar-refractivity contribution in [1.29, 1.82) is 0 Å². The minimum Gasteiger partial charge on any atom is -0.206 e. The minimum atomic E-state index is -1.12. The number of hydrogen-bond donors (Lipinski definition) is 0. The monoisotopic (exact) mass is 378 g/mol. The van der Waals surface area contributed by atoms with Crippen LogP contribution in [0.3, 0.4) is 0 Å². The molecule has 1 aliphatic rings. The maximum absolute atomic E-state index is 14.5. The molecule has 1 fully saturated rings. The van der Waals surface area contributed by atoms with E-state index in [-0.39, 0.29) is 11.1 Å². The van der Waals surface area contributed by atoms with Gasteiger partial charge in [0.15, 0.2) is 11.6 Å². The van der Waals surface area contributed by atoms with E-state index in [0.717, 1.165) is 24.5 Å². The number of halogens is 4. The molecule has 0 N–H and O–H groups in total. The summed E-state index contributed by atoms with van der Waals surface area (Å²) < 4.78 is 55.4. The summed E-state index contributed by atoms with van der Waals surface area (Å²) in [5.41, 5.74) is 0.314. The van der Waals surface area contributed by atoms with Crippen LogP contribution in [0, 0.1) is 35.1 Å². The highest BCUT2D eigenvalue weighted by Gasteiger charge is 2.21. The molecule has 2 aromatic rings. The third-order valence-electron chi connectivity index (χ3n) is 5.81. The van der Waals surface area contributed by atoms with Gasteiger partial charge in [-0.3, -0.25) is 0 Å². The molecule has 0 radical (unpaired) electrons. The first-order chi connectivity index (χ1) is 13.0. The zero-order valence-electron chi connectivity index (χ0n) is 15.7. The van der Waals surface area contributed by atoms with Gasteiger partial charge in [-0.05, 0) is 60.1 Å². The molecular weight excluding hydrogens is 352 g/mol. The van der Waals surface area contributed by atoms with Gasteiger partial charge in [0.05, 0.1) is 5.56 Å². The van der Waals surface area contributed by atoms with Crippen molar-refractivity contribution in [3.8, 4) is 11.1 Å². The Morgan fingerprint density at radius 1 is 0.741 bits per heavy atom. The van der Waals surface area contributed by atoms with E-state index in [1.165, 1.54) is 56.7 Å². The highest BCUT2D eigenvalue weighted by molar-refractivity contribution is 5.65. The van der Waals surface area contributed by atoms with Crippen LogP contribution in [0.15, 0.2) is 30.3 Å². The van der Waals surface area contributed by atoms with Gasteiger partial charge in [-0.2, -0.15) is 0 Å². The van der Waals surface area contributed by atoms with E-state index in [9.17, 15) is 17.6 Å². The molecule has 0 aliphatic heterocycles. The lowest BCUT2D eigenvalue weighted by Gasteiger charge is -2.28. The molecular formula is C23H26F4. The van der Waals surface area contributed by atoms with Crippen molar-refractivity contribution in [3.05, 3.63) is 59.2 Å².